The summed E-state index contributed by atoms with van der Waals surface area (Å²) in [6.45, 7) is 5.94. The van der Waals surface area contributed by atoms with Gasteiger partial charge in [-0.05, 0) is 44.6 Å². The van der Waals surface area contributed by atoms with E-state index in [9.17, 15) is 0 Å². The third-order valence-electron chi connectivity index (χ3n) is 3.90. The van der Waals surface area contributed by atoms with Gasteiger partial charge in [0, 0.05) is 19.6 Å². The van der Waals surface area contributed by atoms with Crippen molar-refractivity contribution in [2.24, 2.45) is 5.73 Å². The molecule has 2 heterocycles. The van der Waals surface area contributed by atoms with Crippen molar-refractivity contribution in [3.05, 3.63) is 24.3 Å². The van der Waals surface area contributed by atoms with Crippen LogP contribution in [0.5, 0.6) is 0 Å². The van der Waals surface area contributed by atoms with Crippen LogP contribution in [0, 0.1) is 0 Å². The molecule has 0 amide bonds. The molecule has 1 aromatic carbocycles. The summed E-state index contributed by atoms with van der Waals surface area (Å²) in [6.07, 6.45) is 2.19. The molecule has 0 spiro atoms. The summed E-state index contributed by atoms with van der Waals surface area (Å²) >= 11 is 0. The Hall–Kier alpha value is -1.79. The Morgan fingerprint density at radius 2 is 1.86 bits per heavy atom. The molecule has 1 aromatic heterocycles. The number of hydrogen-bond donors (Lipinski definition) is 1. The van der Waals surface area contributed by atoms with Gasteiger partial charge in [0.05, 0.1) is 5.52 Å². The molecular weight excluding hydrogens is 264 g/mol. The minimum Gasteiger partial charge on any atom is -0.338 e. The van der Waals surface area contributed by atoms with Crippen molar-refractivity contribution in [1.82, 2.24) is 20.1 Å². The van der Waals surface area contributed by atoms with Crippen molar-refractivity contribution in [3.8, 4) is 0 Å². The minimum atomic E-state index is 0.745. The average Bonchev–Trinajstić information content (AvgIpc) is 2.78. The summed E-state index contributed by atoms with van der Waals surface area (Å²) in [5.41, 5.74) is 7.35. The van der Waals surface area contributed by atoms with Gasteiger partial charge in [0.2, 0.25) is 5.95 Å². The lowest BCUT2D eigenvalue weighted by molar-refractivity contribution is 0.291. The number of para-hydroxylation sites is 1. The van der Waals surface area contributed by atoms with Crippen molar-refractivity contribution >= 4 is 17.0 Å². The standard InChI is InChI=1S/C15H22N6/c16-7-3-8-20-9-4-10-21(12-11-20)15-17-13-5-1-2-6-14(13)18-19-15/h1-2,5-6H,3-4,7-12,16H2. The average molecular weight is 286 g/mol. The van der Waals surface area contributed by atoms with Gasteiger partial charge in [0.15, 0.2) is 0 Å². The van der Waals surface area contributed by atoms with Crippen molar-refractivity contribution in [2.75, 3.05) is 44.2 Å². The molecule has 21 heavy (non-hydrogen) atoms. The molecule has 0 saturated carbocycles. The predicted molar refractivity (Wildman–Crippen MR) is 84.3 cm³/mol. The Morgan fingerprint density at radius 3 is 2.71 bits per heavy atom. The van der Waals surface area contributed by atoms with Gasteiger partial charge in [-0.1, -0.05) is 12.1 Å². The minimum absolute atomic E-state index is 0.745. The van der Waals surface area contributed by atoms with E-state index in [0.717, 1.165) is 69.1 Å². The number of fused-ring (bicyclic) bond motifs is 1. The van der Waals surface area contributed by atoms with Gasteiger partial charge in [-0.3, -0.25) is 0 Å². The van der Waals surface area contributed by atoms with Gasteiger partial charge in [-0.25, -0.2) is 4.98 Å². The first-order chi connectivity index (χ1) is 10.4. The smallest absolute Gasteiger partial charge is 0.245 e. The van der Waals surface area contributed by atoms with E-state index in [2.05, 4.69) is 25.0 Å². The van der Waals surface area contributed by atoms with E-state index >= 15 is 0 Å². The highest BCUT2D eigenvalue weighted by molar-refractivity contribution is 5.74. The highest BCUT2D eigenvalue weighted by atomic mass is 15.3. The second kappa shape index (κ2) is 6.78. The number of nitrogens with zero attached hydrogens (tertiary/aromatic N) is 5. The molecule has 1 fully saturated rings. The number of aromatic nitrogens is 3. The van der Waals surface area contributed by atoms with Crippen LogP contribution in [-0.2, 0) is 0 Å². The van der Waals surface area contributed by atoms with E-state index in [-0.39, 0.29) is 0 Å². The molecule has 2 N–H and O–H groups in total. The number of nitrogens with two attached hydrogens (primary N) is 1. The molecule has 0 atom stereocenters. The zero-order valence-electron chi connectivity index (χ0n) is 12.3. The van der Waals surface area contributed by atoms with E-state index in [1.165, 1.54) is 0 Å². The SMILES string of the molecule is NCCCN1CCCN(c2nnc3ccccc3n2)CC1. The first-order valence-corrected chi connectivity index (χ1v) is 7.63. The summed E-state index contributed by atoms with van der Waals surface area (Å²) in [5, 5.41) is 8.56. The van der Waals surface area contributed by atoms with Gasteiger partial charge >= 0.3 is 0 Å². The first kappa shape index (κ1) is 14.2. The lowest BCUT2D eigenvalue weighted by Gasteiger charge is -2.21. The van der Waals surface area contributed by atoms with Crippen molar-refractivity contribution in [1.29, 1.82) is 0 Å². The van der Waals surface area contributed by atoms with Crippen LogP contribution in [0.15, 0.2) is 24.3 Å². The van der Waals surface area contributed by atoms with Crippen molar-refractivity contribution in [3.63, 3.8) is 0 Å². The Balaban J connectivity index is 1.70. The molecule has 1 saturated heterocycles. The highest BCUT2D eigenvalue weighted by Gasteiger charge is 2.17. The van der Waals surface area contributed by atoms with E-state index in [4.69, 9.17) is 5.73 Å². The first-order valence-electron chi connectivity index (χ1n) is 7.63. The second-order valence-corrected chi connectivity index (χ2v) is 5.42. The van der Waals surface area contributed by atoms with Crippen LogP contribution in [0.3, 0.4) is 0 Å². The Labute approximate surface area is 125 Å². The molecule has 3 rings (SSSR count). The predicted octanol–water partition coefficient (Wildman–Crippen LogP) is 0.886. The number of anilines is 1. The third-order valence-corrected chi connectivity index (χ3v) is 3.90. The summed E-state index contributed by atoms with van der Waals surface area (Å²) < 4.78 is 0. The fourth-order valence-corrected chi connectivity index (χ4v) is 2.72. The Morgan fingerprint density at radius 1 is 1.00 bits per heavy atom. The monoisotopic (exact) mass is 286 g/mol. The number of rotatable bonds is 4. The van der Waals surface area contributed by atoms with Gasteiger partial charge in [-0.2, -0.15) is 0 Å². The van der Waals surface area contributed by atoms with E-state index in [1.54, 1.807) is 0 Å². The molecular formula is C15H22N6. The maximum Gasteiger partial charge on any atom is 0.245 e. The second-order valence-electron chi connectivity index (χ2n) is 5.42. The summed E-state index contributed by atoms with van der Waals surface area (Å²) in [6, 6.07) is 7.87. The van der Waals surface area contributed by atoms with Crippen LogP contribution in [0.1, 0.15) is 12.8 Å². The molecule has 6 heteroatoms. The summed E-state index contributed by atoms with van der Waals surface area (Å²) in [7, 11) is 0. The molecule has 112 valence electrons. The molecule has 6 nitrogen and oxygen atoms in total. The van der Waals surface area contributed by atoms with Gasteiger partial charge in [0.25, 0.3) is 0 Å². The number of benzene rings is 1. The van der Waals surface area contributed by atoms with Crippen LogP contribution in [0.25, 0.3) is 11.0 Å². The molecule has 2 aromatic rings. The topological polar surface area (TPSA) is 71.2 Å². The third kappa shape index (κ3) is 3.46. The normalized spacial score (nSPS) is 17.1. The lowest BCUT2D eigenvalue weighted by Crippen LogP contribution is -2.32. The summed E-state index contributed by atoms with van der Waals surface area (Å²) in [4.78, 5) is 9.35. The maximum absolute atomic E-state index is 5.59. The van der Waals surface area contributed by atoms with E-state index < -0.39 is 0 Å². The molecule has 0 bridgehead atoms. The summed E-state index contributed by atoms with van der Waals surface area (Å²) in [5.74, 6) is 0.745. The highest BCUT2D eigenvalue weighted by Crippen LogP contribution is 2.14. The van der Waals surface area contributed by atoms with Crippen LogP contribution >= 0.6 is 0 Å². The van der Waals surface area contributed by atoms with Crippen LogP contribution in [0.4, 0.5) is 5.95 Å². The van der Waals surface area contributed by atoms with Crippen LogP contribution in [-0.4, -0.2) is 59.3 Å². The zero-order valence-corrected chi connectivity index (χ0v) is 12.3. The van der Waals surface area contributed by atoms with Crippen molar-refractivity contribution in [2.45, 2.75) is 12.8 Å². The largest absolute Gasteiger partial charge is 0.338 e. The fourth-order valence-electron chi connectivity index (χ4n) is 2.72. The molecule has 0 unspecified atom stereocenters. The molecule has 0 radical (unpaired) electrons. The van der Waals surface area contributed by atoms with E-state index in [0.29, 0.717) is 0 Å². The Kier molecular flexibility index (Phi) is 4.57. The van der Waals surface area contributed by atoms with Gasteiger partial charge in [0.1, 0.15) is 5.52 Å². The molecule has 0 aliphatic carbocycles. The van der Waals surface area contributed by atoms with E-state index in [1.807, 2.05) is 24.3 Å². The molecule has 1 aliphatic heterocycles. The van der Waals surface area contributed by atoms with Gasteiger partial charge < -0.3 is 15.5 Å². The quantitative estimate of drug-likeness (QED) is 0.900. The zero-order chi connectivity index (χ0) is 14.5. The number of hydrogen-bond acceptors (Lipinski definition) is 6. The fraction of sp³-hybridized carbons (Fsp3) is 0.533. The van der Waals surface area contributed by atoms with Crippen LogP contribution in [0.2, 0.25) is 0 Å². The van der Waals surface area contributed by atoms with Crippen molar-refractivity contribution < 1.29 is 0 Å². The molecule has 1 aliphatic rings. The lowest BCUT2D eigenvalue weighted by atomic mass is 10.3. The van der Waals surface area contributed by atoms with Gasteiger partial charge in [-0.15, -0.1) is 10.2 Å². The Bertz CT molecular complexity index is 587. The maximum atomic E-state index is 5.59. The van der Waals surface area contributed by atoms with Crippen LogP contribution < -0.4 is 10.6 Å².